The summed E-state index contributed by atoms with van der Waals surface area (Å²) >= 11 is 0. The maximum absolute atomic E-state index is 5.26. The van der Waals surface area contributed by atoms with Crippen LogP contribution in [0.2, 0.25) is 0 Å². The van der Waals surface area contributed by atoms with Crippen LogP contribution in [0.25, 0.3) is 0 Å². The first kappa shape index (κ1) is 6.66. The van der Waals surface area contributed by atoms with Crippen LogP contribution in [0.3, 0.4) is 0 Å². The molecule has 3 nitrogen and oxygen atoms in total. The van der Waals surface area contributed by atoms with Gasteiger partial charge in [0.1, 0.15) is 0 Å². The van der Waals surface area contributed by atoms with Gasteiger partial charge in [0.05, 0.1) is 11.7 Å². The van der Waals surface area contributed by atoms with Crippen LogP contribution in [0.15, 0.2) is 10.6 Å². The van der Waals surface area contributed by atoms with Crippen molar-refractivity contribution in [3.05, 3.63) is 17.5 Å². The summed E-state index contributed by atoms with van der Waals surface area (Å²) in [6, 6.07) is 2.57. The second-order valence-corrected chi connectivity index (χ2v) is 3.72. The van der Waals surface area contributed by atoms with Crippen LogP contribution in [0.4, 0.5) is 0 Å². The third-order valence-corrected chi connectivity index (χ3v) is 2.71. The zero-order valence-electron chi connectivity index (χ0n) is 6.92. The van der Waals surface area contributed by atoms with Crippen LogP contribution in [-0.4, -0.2) is 11.7 Å². The largest absolute Gasteiger partial charge is 0.359 e. The van der Waals surface area contributed by atoms with Crippen LogP contribution in [0.1, 0.15) is 42.7 Å². The molecule has 2 fully saturated rings. The molecular weight excluding hydrogens is 152 g/mol. The van der Waals surface area contributed by atoms with E-state index in [1.54, 1.807) is 0 Å². The summed E-state index contributed by atoms with van der Waals surface area (Å²) in [5.74, 6) is 1.74. The Bertz CT molecular complexity index is 286. The average molecular weight is 164 g/mol. The Kier molecular flexibility index (Phi) is 1.29. The van der Waals surface area contributed by atoms with E-state index in [0.717, 1.165) is 12.3 Å². The van der Waals surface area contributed by atoms with Gasteiger partial charge in [0.25, 0.3) is 0 Å². The maximum Gasteiger partial charge on any atom is 0.153 e. The first-order chi connectivity index (χ1) is 5.93. The Hall–Kier alpha value is -0.830. The molecule has 1 atom stereocenters. The Morgan fingerprint density at radius 2 is 2.25 bits per heavy atom. The molecule has 3 heteroatoms. The van der Waals surface area contributed by atoms with Crippen LogP contribution in [-0.2, 0) is 0 Å². The minimum atomic E-state index is 0.449. The highest BCUT2D eigenvalue weighted by atomic mass is 16.5. The van der Waals surface area contributed by atoms with E-state index in [-0.39, 0.29) is 0 Å². The summed E-state index contributed by atoms with van der Waals surface area (Å²) in [5, 5.41) is 7.37. The van der Waals surface area contributed by atoms with Crippen molar-refractivity contribution in [2.75, 3.05) is 6.54 Å². The number of nitrogens with one attached hydrogen (secondary N) is 1. The Morgan fingerprint density at radius 1 is 1.42 bits per heavy atom. The summed E-state index contributed by atoms with van der Waals surface area (Å²) in [6.45, 7) is 1.12. The zero-order valence-corrected chi connectivity index (χ0v) is 6.92. The molecule has 3 rings (SSSR count). The number of rotatable bonds is 2. The first-order valence-electron chi connectivity index (χ1n) is 4.63. The lowest BCUT2D eigenvalue weighted by Crippen LogP contribution is -2.34. The molecule has 1 unspecified atom stereocenters. The highest BCUT2D eigenvalue weighted by Gasteiger charge is 2.29. The molecule has 0 spiro atoms. The van der Waals surface area contributed by atoms with Crippen molar-refractivity contribution >= 4 is 0 Å². The lowest BCUT2D eigenvalue weighted by atomic mass is 10.0. The minimum Gasteiger partial charge on any atom is -0.359 e. The standard InChI is InChI=1S/C9H12N2O/c1-2-6(1)8-5-9(12-11-8)7-3-4-10-7/h5-7,10H,1-4H2. The number of nitrogens with zero attached hydrogens (tertiary/aromatic N) is 1. The molecule has 64 valence electrons. The predicted molar refractivity (Wildman–Crippen MR) is 43.8 cm³/mol. The lowest BCUT2D eigenvalue weighted by Gasteiger charge is -2.24. The monoisotopic (exact) mass is 164 g/mol. The highest BCUT2D eigenvalue weighted by molar-refractivity contribution is 5.18. The second kappa shape index (κ2) is 2.33. The van der Waals surface area contributed by atoms with Crippen LogP contribution < -0.4 is 5.32 Å². The molecule has 1 N–H and O–H groups in total. The van der Waals surface area contributed by atoms with Crippen LogP contribution in [0, 0.1) is 0 Å². The molecule has 0 radical (unpaired) electrons. The van der Waals surface area contributed by atoms with Crippen molar-refractivity contribution in [3.63, 3.8) is 0 Å². The van der Waals surface area contributed by atoms with Crippen molar-refractivity contribution in [1.82, 2.24) is 10.5 Å². The van der Waals surface area contributed by atoms with E-state index in [2.05, 4.69) is 16.5 Å². The summed E-state index contributed by atoms with van der Waals surface area (Å²) in [4.78, 5) is 0. The molecule has 12 heavy (non-hydrogen) atoms. The summed E-state index contributed by atoms with van der Waals surface area (Å²) in [5.41, 5.74) is 1.17. The molecule has 2 aliphatic rings. The molecule has 2 heterocycles. The van der Waals surface area contributed by atoms with Crippen molar-refractivity contribution in [2.24, 2.45) is 0 Å². The molecule has 1 aliphatic carbocycles. The number of hydrogen-bond donors (Lipinski definition) is 1. The van der Waals surface area contributed by atoms with Crippen molar-refractivity contribution in [3.8, 4) is 0 Å². The van der Waals surface area contributed by atoms with Crippen molar-refractivity contribution in [2.45, 2.75) is 31.2 Å². The van der Waals surface area contributed by atoms with Gasteiger partial charge < -0.3 is 9.84 Å². The van der Waals surface area contributed by atoms with E-state index in [1.807, 2.05) is 0 Å². The predicted octanol–water partition coefficient (Wildman–Crippen LogP) is 1.59. The van der Waals surface area contributed by atoms with Gasteiger partial charge in [-0.3, -0.25) is 0 Å². The maximum atomic E-state index is 5.26. The quantitative estimate of drug-likeness (QED) is 0.721. The van der Waals surface area contributed by atoms with Gasteiger partial charge in [0, 0.05) is 12.0 Å². The summed E-state index contributed by atoms with van der Waals surface area (Å²) in [7, 11) is 0. The lowest BCUT2D eigenvalue weighted by molar-refractivity contribution is 0.280. The minimum absolute atomic E-state index is 0.449. The van der Waals surface area contributed by atoms with E-state index in [1.165, 1.54) is 25.0 Å². The van der Waals surface area contributed by atoms with Gasteiger partial charge in [0.2, 0.25) is 0 Å². The van der Waals surface area contributed by atoms with Gasteiger partial charge >= 0.3 is 0 Å². The normalized spacial score (nSPS) is 28.5. The molecule has 1 aromatic rings. The molecule has 0 amide bonds. The Balaban J connectivity index is 1.81. The molecule has 1 saturated heterocycles. The smallest absolute Gasteiger partial charge is 0.153 e. The number of aromatic nitrogens is 1. The fourth-order valence-electron chi connectivity index (χ4n) is 1.57. The van der Waals surface area contributed by atoms with Gasteiger partial charge in [-0.15, -0.1) is 0 Å². The van der Waals surface area contributed by atoms with Gasteiger partial charge in [-0.1, -0.05) is 5.16 Å². The third kappa shape index (κ3) is 0.966. The molecule has 1 aromatic heterocycles. The topological polar surface area (TPSA) is 38.1 Å². The van der Waals surface area contributed by atoms with Gasteiger partial charge in [-0.25, -0.2) is 0 Å². The molecule has 0 bridgehead atoms. The van der Waals surface area contributed by atoms with Crippen molar-refractivity contribution < 1.29 is 4.52 Å². The molecular formula is C9H12N2O. The Labute approximate surface area is 71.1 Å². The SMILES string of the molecule is c1c(C2CC2)noc1C1CCN1. The van der Waals surface area contributed by atoms with Crippen molar-refractivity contribution in [1.29, 1.82) is 0 Å². The van der Waals surface area contributed by atoms with Crippen LogP contribution >= 0.6 is 0 Å². The fourth-order valence-corrected chi connectivity index (χ4v) is 1.57. The molecule has 1 saturated carbocycles. The van der Waals surface area contributed by atoms with E-state index in [4.69, 9.17) is 4.52 Å². The third-order valence-electron chi connectivity index (χ3n) is 2.71. The van der Waals surface area contributed by atoms with E-state index in [0.29, 0.717) is 12.0 Å². The first-order valence-corrected chi connectivity index (χ1v) is 4.63. The van der Waals surface area contributed by atoms with E-state index in [9.17, 15) is 0 Å². The second-order valence-electron chi connectivity index (χ2n) is 3.72. The van der Waals surface area contributed by atoms with E-state index < -0.39 is 0 Å². The number of hydrogen-bond acceptors (Lipinski definition) is 3. The van der Waals surface area contributed by atoms with Crippen LogP contribution in [0.5, 0.6) is 0 Å². The average Bonchev–Trinajstić information content (AvgIpc) is 2.70. The van der Waals surface area contributed by atoms with Gasteiger partial charge in [0.15, 0.2) is 5.76 Å². The zero-order chi connectivity index (χ0) is 7.97. The summed E-state index contributed by atoms with van der Waals surface area (Å²) < 4.78 is 5.26. The van der Waals surface area contributed by atoms with Gasteiger partial charge in [-0.2, -0.15) is 0 Å². The highest BCUT2D eigenvalue weighted by Crippen LogP contribution is 2.40. The molecule has 1 aliphatic heterocycles. The summed E-state index contributed by atoms with van der Waals surface area (Å²) in [6.07, 6.45) is 3.79. The van der Waals surface area contributed by atoms with E-state index >= 15 is 0 Å². The fraction of sp³-hybridized carbons (Fsp3) is 0.667. The Morgan fingerprint density at radius 3 is 2.83 bits per heavy atom. The van der Waals surface area contributed by atoms with Gasteiger partial charge in [-0.05, 0) is 25.8 Å². The molecule has 0 aromatic carbocycles.